The van der Waals surface area contributed by atoms with Crippen LogP contribution in [0.25, 0.3) is 11.6 Å². The summed E-state index contributed by atoms with van der Waals surface area (Å²) in [4.78, 5) is 16.5. The second-order valence-electron chi connectivity index (χ2n) is 5.19. The maximum Gasteiger partial charge on any atom is 0.234 e. The van der Waals surface area contributed by atoms with Crippen molar-refractivity contribution in [3.8, 4) is 28.8 Å². The molecule has 0 bridgehead atoms. The van der Waals surface area contributed by atoms with E-state index in [0.717, 1.165) is 0 Å². The molecule has 27 heavy (non-hydrogen) atoms. The van der Waals surface area contributed by atoms with Crippen LogP contribution in [-0.4, -0.2) is 48.2 Å². The number of aromatic amines is 1. The number of amides is 1. The number of anilines is 1. The Morgan fingerprint density at radius 3 is 2.56 bits per heavy atom. The highest BCUT2D eigenvalue weighted by Gasteiger charge is 2.15. The maximum absolute atomic E-state index is 12.2. The average molecular weight is 390 g/mol. The van der Waals surface area contributed by atoms with E-state index in [1.54, 1.807) is 30.5 Å². The summed E-state index contributed by atoms with van der Waals surface area (Å²) in [6.07, 6.45) is 1.55. The van der Waals surface area contributed by atoms with Gasteiger partial charge in [-0.2, -0.15) is 4.98 Å². The number of H-pyrrole nitrogens is 1. The van der Waals surface area contributed by atoms with Gasteiger partial charge in [-0.05, 0) is 12.1 Å². The molecule has 0 saturated heterocycles. The van der Waals surface area contributed by atoms with Gasteiger partial charge < -0.3 is 23.9 Å². The van der Waals surface area contributed by atoms with Gasteiger partial charge in [0.2, 0.25) is 16.8 Å². The predicted molar refractivity (Wildman–Crippen MR) is 99.5 cm³/mol. The van der Waals surface area contributed by atoms with Crippen molar-refractivity contribution in [2.24, 2.45) is 0 Å². The fourth-order valence-electron chi connectivity index (χ4n) is 2.31. The third kappa shape index (κ3) is 4.34. The number of aromatic nitrogens is 3. The largest absolute Gasteiger partial charge is 0.493 e. The van der Waals surface area contributed by atoms with Crippen molar-refractivity contribution < 1.29 is 23.4 Å². The van der Waals surface area contributed by atoms with E-state index in [0.29, 0.717) is 39.7 Å². The van der Waals surface area contributed by atoms with Gasteiger partial charge in [0, 0.05) is 17.8 Å². The van der Waals surface area contributed by atoms with Crippen LogP contribution < -0.4 is 19.5 Å². The summed E-state index contributed by atoms with van der Waals surface area (Å²) >= 11 is 1.20. The number of benzene rings is 1. The predicted octanol–water partition coefficient (Wildman–Crippen LogP) is 2.82. The van der Waals surface area contributed by atoms with Gasteiger partial charge in [0.05, 0.1) is 33.3 Å². The van der Waals surface area contributed by atoms with E-state index in [4.69, 9.17) is 18.6 Å². The summed E-state index contributed by atoms with van der Waals surface area (Å²) in [5.41, 5.74) is 0.529. The molecule has 0 aliphatic rings. The van der Waals surface area contributed by atoms with E-state index in [1.165, 1.54) is 33.1 Å². The van der Waals surface area contributed by atoms with Crippen molar-refractivity contribution in [2.45, 2.75) is 5.16 Å². The lowest BCUT2D eigenvalue weighted by molar-refractivity contribution is -0.113. The van der Waals surface area contributed by atoms with E-state index < -0.39 is 0 Å². The first-order chi connectivity index (χ1) is 13.1. The molecule has 0 atom stereocenters. The molecule has 0 aliphatic heterocycles. The van der Waals surface area contributed by atoms with Crippen LogP contribution in [0.15, 0.2) is 40.1 Å². The van der Waals surface area contributed by atoms with Crippen LogP contribution >= 0.6 is 11.8 Å². The number of nitrogens with zero attached hydrogens (tertiary/aromatic N) is 2. The Kier molecular flexibility index (Phi) is 5.87. The number of thioether (sulfide) groups is 1. The van der Waals surface area contributed by atoms with Crippen LogP contribution in [0.2, 0.25) is 0 Å². The SMILES string of the molecule is COc1cc(NC(=O)CSc2n[nH]c(-c3ccco3)n2)cc(OC)c1OC. The molecule has 0 saturated carbocycles. The molecule has 0 unspecified atom stereocenters. The molecule has 2 aromatic heterocycles. The Morgan fingerprint density at radius 1 is 1.22 bits per heavy atom. The first-order valence-corrected chi connectivity index (χ1v) is 8.82. The Hall–Kier alpha value is -3.14. The first kappa shape index (κ1) is 18.6. The van der Waals surface area contributed by atoms with E-state index in [1.807, 2.05) is 0 Å². The van der Waals surface area contributed by atoms with Crippen LogP contribution in [0.1, 0.15) is 0 Å². The number of hydrogen-bond acceptors (Lipinski definition) is 8. The zero-order valence-corrected chi connectivity index (χ0v) is 15.8. The molecule has 10 heteroatoms. The summed E-state index contributed by atoms with van der Waals surface area (Å²) in [5.74, 6) is 2.36. The summed E-state index contributed by atoms with van der Waals surface area (Å²) in [7, 11) is 4.54. The molecule has 0 spiro atoms. The molecule has 1 aromatic carbocycles. The third-order valence-corrected chi connectivity index (χ3v) is 4.35. The number of rotatable bonds is 8. The van der Waals surface area contributed by atoms with Crippen molar-refractivity contribution in [1.82, 2.24) is 15.2 Å². The minimum Gasteiger partial charge on any atom is -0.493 e. The molecule has 142 valence electrons. The second-order valence-corrected chi connectivity index (χ2v) is 6.14. The number of furan rings is 1. The molecule has 9 nitrogen and oxygen atoms in total. The minimum atomic E-state index is -0.223. The van der Waals surface area contributed by atoms with Crippen LogP contribution in [0.3, 0.4) is 0 Å². The number of ether oxygens (including phenoxy) is 3. The number of nitrogens with one attached hydrogen (secondary N) is 2. The quantitative estimate of drug-likeness (QED) is 0.565. The normalized spacial score (nSPS) is 10.5. The molecule has 0 radical (unpaired) electrons. The van der Waals surface area contributed by atoms with Gasteiger partial charge in [-0.3, -0.25) is 9.89 Å². The van der Waals surface area contributed by atoms with Gasteiger partial charge in [0.25, 0.3) is 0 Å². The second kappa shape index (κ2) is 8.49. The molecular formula is C17H18N4O5S. The number of carbonyl (C=O) groups excluding carboxylic acids is 1. The molecule has 1 amide bonds. The topological polar surface area (TPSA) is 112 Å². The van der Waals surface area contributed by atoms with Crippen molar-refractivity contribution in [3.05, 3.63) is 30.5 Å². The highest BCUT2D eigenvalue weighted by molar-refractivity contribution is 7.99. The third-order valence-electron chi connectivity index (χ3n) is 3.50. The maximum atomic E-state index is 12.2. The summed E-state index contributed by atoms with van der Waals surface area (Å²) in [6, 6.07) is 6.85. The zero-order valence-electron chi connectivity index (χ0n) is 14.9. The van der Waals surface area contributed by atoms with Gasteiger partial charge in [0.15, 0.2) is 23.1 Å². The highest BCUT2D eigenvalue weighted by atomic mass is 32.2. The molecule has 3 aromatic rings. The Balaban J connectivity index is 1.62. The standard InChI is InChI=1S/C17H18N4O5S/c1-23-12-7-10(8-13(24-2)15(12)25-3)18-14(22)9-27-17-19-16(20-21-17)11-5-4-6-26-11/h4-8H,9H2,1-3H3,(H,18,22)(H,19,20,21). The van der Waals surface area contributed by atoms with Crippen molar-refractivity contribution in [3.63, 3.8) is 0 Å². The van der Waals surface area contributed by atoms with Gasteiger partial charge >= 0.3 is 0 Å². The van der Waals surface area contributed by atoms with Gasteiger partial charge in [-0.15, -0.1) is 5.10 Å². The first-order valence-electron chi connectivity index (χ1n) is 7.83. The number of methoxy groups -OCH3 is 3. The lowest BCUT2D eigenvalue weighted by Gasteiger charge is -2.14. The van der Waals surface area contributed by atoms with Crippen LogP contribution in [-0.2, 0) is 4.79 Å². The average Bonchev–Trinajstić information content (AvgIpc) is 3.37. The lowest BCUT2D eigenvalue weighted by Crippen LogP contribution is -2.14. The smallest absolute Gasteiger partial charge is 0.234 e. The minimum absolute atomic E-state index is 0.131. The summed E-state index contributed by atoms with van der Waals surface area (Å²) < 4.78 is 21.1. The molecular weight excluding hydrogens is 372 g/mol. The van der Waals surface area contributed by atoms with Gasteiger partial charge in [-0.1, -0.05) is 11.8 Å². The number of carbonyl (C=O) groups is 1. The van der Waals surface area contributed by atoms with Crippen LogP contribution in [0.4, 0.5) is 5.69 Å². The van der Waals surface area contributed by atoms with E-state index >= 15 is 0 Å². The van der Waals surface area contributed by atoms with Gasteiger partial charge in [-0.25, -0.2) is 0 Å². The molecule has 3 rings (SSSR count). The van der Waals surface area contributed by atoms with Crippen molar-refractivity contribution in [1.29, 1.82) is 0 Å². The Labute approximate surface area is 159 Å². The van der Waals surface area contributed by atoms with E-state index in [-0.39, 0.29) is 11.7 Å². The summed E-state index contributed by atoms with van der Waals surface area (Å²) in [6.45, 7) is 0. The number of hydrogen-bond donors (Lipinski definition) is 2. The highest BCUT2D eigenvalue weighted by Crippen LogP contribution is 2.39. The fraction of sp³-hybridized carbons (Fsp3) is 0.235. The van der Waals surface area contributed by atoms with Crippen molar-refractivity contribution >= 4 is 23.4 Å². The monoisotopic (exact) mass is 390 g/mol. The zero-order chi connectivity index (χ0) is 19.2. The van der Waals surface area contributed by atoms with Crippen LogP contribution in [0.5, 0.6) is 17.2 Å². The van der Waals surface area contributed by atoms with Crippen LogP contribution in [0, 0.1) is 0 Å². The van der Waals surface area contributed by atoms with E-state index in [9.17, 15) is 4.79 Å². The molecule has 0 fully saturated rings. The fourth-order valence-corrected chi connectivity index (χ4v) is 2.91. The lowest BCUT2D eigenvalue weighted by atomic mass is 10.2. The molecule has 2 N–H and O–H groups in total. The molecule has 0 aliphatic carbocycles. The Morgan fingerprint density at radius 2 is 1.96 bits per heavy atom. The Bertz CT molecular complexity index is 885. The van der Waals surface area contributed by atoms with E-state index in [2.05, 4.69) is 20.5 Å². The van der Waals surface area contributed by atoms with Crippen molar-refractivity contribution in [2.75, 3.05) is 32.4 Å². The summed E-state index contributed by atoms with van der Waals surface area (Å²) in [5, 5.41) is 10.1. The van der Waals surface area contributed by atoms with Gasteiger partial charge in [0.1, 0.15) is 0 Å². The molecule has 2 heterocycles.